The zero-order valence-corrected chi connectivity index (χ0v) is 13.3. The minimum absolute atomic E-state index is 0.163. The molecule has 1 rings (SSSR count). The molecule has 2 N–H and O–H groups in total. The minimum atomic E-state index is -0.193. The summed E-state index contributed by atoms with van der Waals surface area (Å²) in [6.45, 7) is 10.2. The highest BCUT2D eigenvalue weighted by molar-refractivity contribution is 5.35. The van der Waals surface area contributed by atoms with Gasteiger partial charge in [0.1, 0.15) is 5.75 Å². The van der Waals surface area contributed by atoms with Crippen LogP contribution in [0.3, 0.4) is 0 Å². The van der Waals surface area contributed by atoms with Gasteiger partial charge in [0.05, 0.1) is 13.2 Å². The van der Waals surface area contributed by atoms with Crippen molar-refractivity contribution in [1.29, 1.82) is 0 Å². The van der Waals surface area contributed by atoms with Gasteiger partial charge in [-0.05, 0) is 58.2 Å². The summed E-state index contributed by atoms with van der Waals surface area (Å²) in [5.41, 5.74) is 2.24. The molecule has 0 aromatic heterocycles. The smallest absolute Gasteiger partial charge is 0.122 e. The SMILES string of the molecule is CCCNC(C)(CO)CCCOc1ccc(C)cc1C. The number of rotatable bonds is 9. The molecule has 3 nitrogen and oxygen atoms in total. The van der Waals surface area contributed by atoms with E-state index >= 15 is 0 Å². The third kappa shape index (κ3) is 5.51. The van der Waals surface area contributed by atoms with Gasteiger partial charge in [0.2, 0.25) is 0 Å². The second kappa shape index (κ2) is 8.28. The topological polar surface area (TPSA) is 41.5 Å². The predicted octanol–water partition coefficient (Wildman–Crippen LogP) is 3.21. The van der Waals surface area contributed by atoms with Crippen molar-refractivity contribution in [3.8, 4) is 5.75 Å². The van der Waals surface area contributed by atoms with Gasteiger partial charge in [-0.25, -0.2) is 0 Å². The second-order valence-corrected chi connectivity index (χ2v) is 5.87. The fourth-order valence-corrected chi connectivity index (χ4v) is 2.26. The van der Waals surface area contributed by atoms with Gasteiger partial charge in [-0.3, -0.25) is 0 Å². The van der Waals surface area contributed by atoms with E-state index in [1.165, 1.54) is 11.1 Å². The summed E-state index contributed by atoms with van der Waals surface area (Å²) in [5.74, 6) is 0.961. The maximum atomic E-state index is 9.50. The van der Waals surface area contributed by atoms with Gasteiger partial charge >= 0.3 is 0 Å². The van der Waals surface area contributed by atoms with E-state index in [0.29, 0.717) is 6.61 Å². The molecular formula is C17H29NO2. The highest BCUT2D eigenvalue weighted by Gasteiger charge is 2.21. The number of aryl methyl sites for hydroxylation is 2. The van der Waals surface area contributed by atoms with E-state index in [9.17, 15) is 5.11 Å². The fourth-order valence-electron chi connectivity index (χ4n) is 2.26. The van der Waals surface area contributed by atoms with Crippen molar-refractivity contribution >= 4 is 0 Å². The molecule has 0 fully saturated rings. The highest BCUT2D eigenvalue weighted by atomic mass is 16.5. The van der Waals surface area contributed by atoms with Crippen molar-refractivity contribution in [2.45, 2.75) is 52.5 Å². The second-order valence-electron chi connectivity index (χ2n) is 5.87. The number of ether oxygens (including phenoxy) is 1. The average Bonchev–Trinajstić information content (AvgIpc) is 2.43. The van der Waals surface area contributed by atoms with Crippen LogP contribution >= 0.6 is 0 Å². The van der Waals surface area contributed by atoms with Crippen molar-refractivity contribution in [1.82, 2.24) is 5.32 Å². The minimum Gasteiger partial charge on any atom is -0.493 e. The molecule has 0 spiro atoms. The summed E-state index contributed by atoms with van der Waals surface area (Å²) in [5, 5.41) is 12.9. The molecule has 0 aliphatic rings. The Labute approximate surface area is 123 Å². The lowest BCUT2D eigenvalue weighted by atomic mass is 9.97. The zero-order valence-electron chi connectivity index (χ0n) is 13.3. The molecule has 114 valence electrons. The zero-order chi connectivity index (χ0) is 15.0. The molecule has 0 saturated carbocycles. The predicted molar refractivity (Wildman–Crippen MR) is 84.4 cm³/mol. The first kappa shape index (κ1) is 17.0. The molecule has 1 atom stereocenters. The Morgan fingerprint density at radius 3 is 2.65 bits per heavy atom. The Bertz CT molecular complexity index is 406. The van der Waals surface area contributed by atoms with Crippen LogP contribution in [-0.4, -0.2) is 30.4 Å². The summed E-state index contributed by atoms with van der Waals surface area (Å²) < 4.78 is 5.83. The van der Waals surface area contributed by atoms with Gasteiger partial charge < -0.3 is 15.2 Å². The lowest BCUT2D eigenvalue weighted by Crippen LogP contribution is -2.46. The van der Waals surface area contributed by atoms with Crippen LogP contribution in [0.5, 0.6) is 5.75 Å². The first-order valence-electron chi connectivity index (χ1n) is 7.56. The van der Waals surface area contributed by atoms with Crippen LogP contribution in [0.2, 0.25) is 0 Å². The quantitative estimate of drug-likeness (QED) is 0.682. The van der Waals surface area contributed by atoms with Gasteiger partial charge in [0.15, 0.2) is 0 Å². The van der Waals surface area contributed by atoms with E-state index in [4.69, 9.17) is 4.74 Å². The lowest BCUT2D eigenvalue weighted by Gasteiger charge is -2.28. The van der Waals surface area contributed by atoms with Gasteiger partial charge in [-0.1, -0.05) is 24.6 Å². The van der Waals surface area contributed by atoms with Gasteiger partial charge in [-0.15, -0.1) is 0 Å². The normalized spacial score (nSPS) is 14.1. The molecule has 1 aromatic carbocycles. The van der Waals surface area contributed by atoms with Crippen molar-refractivity contribution in [2.75, 3.05) is 19.8 Å². The number of hydrogen-bond acceptors (Lipinski definition) is 3. The Hall–Kier alpha value is -1.06. The molecule has 0 aliphatic carbocycles. The largest absolute Gasteiger partial charge is 0.493 e. The summed E-state index contributed by atoms with van der Waals surface area (Å²) in [4.78, 5) is 0. The summed E-state index contributed by atoms with van der Waals surface area (Å²) >= 11 is 0. The van der Waals surface area contributed by atoms with Crippen molar-refractivity contribution in [3.05, 3.63) is 29.3 Å². The van der Waals surface area contributed by atoms with Crippen LogP contribution < -0.4 is 10.1 Å². The summed E-state index contributed by atoms with van der Waals surface area (Å²) in [6, 6.07) is 6.24. The van der Waals surface area contributed by atoms with Crippen LogP contribution in [0.4, 0.5) is 0 Å². The molecule has 0 bridgehead atoms. The molecule has 0 aliphatic heterocycles. The van der Waals surface area contributed by atoms with E-state index in [1.807, 2.05) is 6.07 Å². The van der Waals surface area contributed by atoms with Crippen molar-refractivity contribution in [2.24, 2.45) is 0 Å². The molecular weight excluding hydrogens is 250 g/mol. The van der Waals surface area contributed by atoms with Crippen LogP contribution in [0.25, 0.3) is 0 Å². The van der Waals surface area contributed by atoms with Crippen LogP contribution in [0.1, 0.15) is 44.2 Å². The van der Waals surface area contributed by atoms with Crippen LogP contribution in [-0.2, 0) is 0 Å². The van der Waals surface area contributed by atoms with E-state index < -0.39 is 0 Å². The number of nitrogens with one attached hydrogen (secondary N) is 1. The van der Waals surface area contributed by atoms with E-state index in [0.717, 1.165) is 31.6 Å². The molecule has 20 heavy (non-hydrogen) atoms. The number of hydrogen-bond donors (Lipinski definition) is 2. The van der Waals surface area contributed by atoms with Crippen LogP contribution in [0, 0.1) is 13.8 Å². The van der Waals surface area contributed by atoms with Crippen molar-refractivity contribution in [3.63, 3.8) is 0 Å². The maximum absolute atomic E-state index is 9.50. The molecule has 1 unspecified atom stereocenters. The van der Waals surface area contributed by atoms with Gasteiger partial charge in [0.25, 0.3) is 0 Å². The van der Waals surface area contributed by atoms with Gasteiger partial charge in [-0.2, -0.15) is 0 Å². The molecule has 1 aromatic rings. The standard InChI is InChI=1S/C17H29NO2/c1-5-10-18-17(4,13-19)9-6-11-20-16-8-7-14(2)12-15(16)3/h7-8,12,18-19H,5-6,9-11,13H2,1-4H3. The monoisotopic (exact) mass is 279 g/mol. The maximum Gasteiger partial charge on any atom is 0.122 e. The highest BCUT2D eigenvalue weighted by Crippen LogP contribution is 2.19. The molecule has 0 amide bonds. The molecule has 0 saturated heterocycles. The third-order valence-corrected chi connectivity index (χ3v) is 3.61. The lowest BCUT2D eigenvalue weighted by molar-refractivity contribution is 0.156. The molecule has 0 radical (unpaired) electrons. The number of benzene rings is 1. The molecule has 3 heteroatoms. The first-order chi connectivity index (χ1) is 9.50. The Balaban J connectivity index is 2.36. The van der Waals surface area contributed by atoms with E-state index in [-0.39, 0.29) is 12.1 Å². The van der Waals surface area contributed by atoms with Gasteiger partial charge in [0, 0.05) is 5.54 Å². The fraction of sp³-hybridized carbons (Fsp3) is 0.647. The van der Waals surface area contributed by atoms with E-state index in [2.05, 4.69) is 45.1 Å². The Kier molecular flexibility index (Phi) is 7.03. The van der Waals surface area contributed by atoms with Crippen LogP contribution in [0.15, 0.2) is 18.2 Å². The summed E-state index contributed by atoms with van der Waals surface area (Å²) in [7, 11) is 0. The number of aliphatic hydroxyl groups excluding tert-OH is 1. The first-order valence-corrected chi connectivity index (χ1v) is 7.56. The number of aliphatic hydroxyl groups is 1. The third-order valence-electron chi connectivity index (χ3n) is 3.61. The van der Waals surface area contributed by atoms with E-state index in [1.54, 1.807) is 0 Å². The van der Waals surface area contributed by atoms with Crippen molar-refractivity contribution < 1.29 is 9.84 Å². The Morgan fingerprint density at radius 2 is 2.05 bits per heavy atom. The Morgan fingerprint density at radius 1 is 1.30 bits per heavy atom. The summed E-state index contributed by atoms with van der Waals surface area (Å²) in [6.07, 6.45) is 2.92. The average molecular weight is 279 g/mol. The molecule has 0 heterocycles.